The van der Waals surface area contributed by atoms with Gasteiger partial charge in [-0.3, -0.25) is 14.3 Å². The minimum absolute atomic E-state index is 0.523. The molecule has 0 spiro atoms. The summed E-state index contributed by atoms with van der Waals surface area (Å²) in [4.78, 5) is 0. The molecule has 6 heteroatoms. The predicted molar refractivity (Wildman–Crippen MR) is 69.2 cm³/mol. The van der Waals surface area contributed by atoms with Gasteiger partial charge in [0.1, 0.15) is 0 Å². The first-order valence-corrected chi connectivity index (χ1v) is 6.05. The second-order valence-electron chi connectivity index (χ2n) is 4.66. The van der Waals surface area contributed by atoms with Gasteiger partial charge in [0.15, 0.2) is 10.6 Å². The Bertz CT molecular complexity index is 575. The Labute approximate surface area is 105 Å². The molecule has 0 radical (unpaired) electrons. The van der Waals surface area contributed by atoms with Gasteiger partial charge in [-0.1, -0.05) is 13.8 Å². The number of rotatable bonds is 3. The van der Waals surface area contributed by atoms with Crippen LogP contribution in [0.1, 0.15) is 19.5 Å². The van der Waals surface area contributed by atoms with E-state index in [1.54, 1.807) is 4.68 Å². The largest absolute Gasteiger partial charge is 0.300 e. The van der Waals surface area contributed by atoms with Crippen LogP contribution in [-0.2, 0) is 13.6 Å². The highest BCUT2D eigenvalue weighted by Crippen LogP contribution is 2.21. The van der Waals surface area contributed by atoms with Crippen molar-refractivity contribution in [2.24, 2.45) is 13.0 Å². The molecule has 0 saturated heterocycles. The smallest absolute Gasteiger partial charge is 0.195 e. The van der Waals surface area contributed by atoms with E-state index in [1.807, 2.05) is 24.7 Å². The van der Waals surface area contributed by atoms with Gasteiger partial charge < -0.3 is 0 Å². The molecular formula is C11H17N5S. The van der Waals surface area contributed by atoms with E-state index in [-0.39, 0.29) is 0 Å². The molecule has 0 aromatic carbocycles. The average Bonchev–Trinajstić information content (AvgIpc) is 2.71. The maximum atomic E-state index is 5.26. The molecule has 0 bridgehead atoms. The van der Waals surface area contributed by atoms with Gasteiger partial charge in [0.25, 0.3) is 0 Å². The summed E-state index contributed by atoms with van der Waals surface area (Å²) in [7, 11) is 1.91. The lowest BCUT2D eigenvalue weighted by Crippen LogP contribution is -2.06. The van der Waals surface area contributed by atoms with Crippen LogP contribution in [-0.4, -0.2) is 24.5 Å². The fourth-order valence-corrected chi connectivity index (χ4v) is 2.08. The first-order valence-electron chi connectivity index (χ1n) is 5.65. The Hall–Kier alpha value is -1.43. The molecule has 0 saturated carbocycles. The van der Waals surface area contributed by atoms with E-state index in [0.29, 0.717) is 10.7 Å². The molecule has 0 aliphatic carbocycles. The normalized spacial score (nSPS) is 11.4. The van der Waals surface area contributed by atoms with Gasteiger partial charge in [-0.25, -0.2) is 0 Å². The van der Waals surface area contributed by atoms with Crippen molar-refractivity contribution < 1.29 is 0 Å². The molecule has 2 heterocycles. The molecule has 0 atom stereocenters. The number of H-pyrrole nitrogens is 1. The summed E-state index contributed by atoms with van der Waals surface area (Å²) in [6, 6.07) is 0. The molecule has 92 valence electrons. The van der Waals surface area contributed by atoms with Crippen molar-refractivity contribution in [1.29, 1.82) is 0 Å². The Morgan fingerprint density at radius 3 is 2.71 bits per heavy atom. The monoisotopic (exact) mass is 251 g/mol. The quantitative estimate of drug-likeness (QED) is 0.852. The van der Waals surface area contributed by atoms with Gasteiger partial charge in [0.05, 0.1) is 11.3 Å². The SMILES string of the molecule is Cc1nn(C)cc1-c1n[nH]c(=S)n1CC(C)C. The van der Waals surface area contributed by atoms with E-state index in [2.05, 4.69) is 29.1 Å². The summed E-state index contributed by atoms with van der Waals surface area (Å²) in [5.74, 6) is 1.39. The molecule has 1 N–H and O–H groups in total. The molecule has 17 heavy (non-hydrogen) atoms. The van der Waals surface area contributed by atoms with Crippen LogP contribution in [0.25, 0.3) is 11.4 Å². The first-order chi connectivity index (χ1) is 7.99. The lowest BCUT2D eigenvalue weighted by Gasteiger charge is -2.08. The minimum Gasteiger partial charge on any atom is -0.300 e. The average molecular weight is 251 g/mol. The second kappa shape index (κ2) is 4.44. The van der Waals surface area contributed by atoms with E-state index in [9.17, 15) is 0 Å². The highest BCUT2D eigenvalue weighted by Gasteiger charge is 2.14. The molecule has 0 aliphatic rings. The van der Waals surface area contributed by atoms with Crippen LogP contribution >= 0.6 is 12.2 Å². The topological polar surface area (TPSA) is 51.4 Å². The van der Waals surface area contributed by atoms with Crippen LogP contribution in [0.3, 0.4) is 0 Å². The van der Waals surface area contributed by atoms with Crippen LogP contribution < -0.4 is 0 Å². The first kappa shape index (κ1) is 12.0. The number of aromatic amines is 1. The molecule has 0 fully saturated rings. The third-order valence-corrected chi connectivity index (χ3v) is 2.87. The maximum absolute atomic E-state index is 5.26. The number of hydrogen-bond donors (Lipinski definition) is 1. The van der Waals surface area contributed by atoms with Crippen molar-refractivity contribution in [1.82, 2.24) is 24.5 Å². The number of hydrogen-bond acceptors (Lipinski definition) is 3. The zero-order chi connectivity index (χ0) is 12.6. The zero-order valence-electron chi connectivity index (χ0n) is 10.6. The fourth-order valence-electron chi connectivity index (χ4n) is 1.88. The summed E-state index contributed by atoms with van der Waals surface area (Å²) < 4.78 is 4.49. The van der Waals surface area contributed by atoms with Gasteiger partial charge in [0, 0.05) is 19.8 Å². The van der Waals surface area contributed by atoms with Crippen molar-refractivity contribution in [3.63, 3.8) is 0 Å². The van der Waals surface area contributed by atoms with Gasteiger partial charge in [0.2, 0.25) is 0 Å². The van der Waals surface area contributed by atoms with Crippen LogP contribution in [0.4, 0.5) is 0 Å². The lowest BCUT2D eigenvalue weighted by molar-refractivity contribution is 0.521. The highest BCUT2D eigenvalue weighted by molar-refractivity contribution is 7.71. The van der Waals surface area contributed by atoms with E-state index in [1.165, 1.54) is 0 Å². The summed E-state index contributed by atoms with van der Waals surface area (Å²) in [5, 5.41) is 11.5. The Kier molecular flexibility index (Phi) is 3.15. The summed E-state index contributed by atoms with van der Waals surface area (Å²) in [6.07, 6.45) is 1.97. The Morgan fingerprint density at radius 2 is 2.18 bits per heavy atom. The zero-order valence-corrected chi connectivity index (χ0v) is 11.4. The van der Waals surface area contributed by atoms with E-state index >= 15 is 0 Å². The van der Waals surface area contributed by atoms with Crippen molar-refractivity contribution >= 4 is 12.2 Å². The third-order valence-electron chi connectivity index (χ3n) is 2.56. The molecule has 5 nitrogen and oxygen atoms in total. The van der Waals surface area contributed by atoms with E-state index in [0.717, 1.165) is 23.6 Å². The standard InChI is InChI=1S/C11H17N5S/c1-7(2)5-16-10(12-13-11(16)17)9-6-15(4)14-8(9)3/h6-7H,5H2,1-4H3,(H,13,17). The van der Waals surface area contributed by atoms with E-state index in [4.69, 9.17) is 12.2 Å². The summed E-state index contributed by atoms with van der Waals surface area (Å²) >= 11 is 5.26. The van der Waals surface area contributed by atoms with Crippen LogP contribution in [0, 0.1) is 17.6 Å². The molecule has 0 aliphatic heterocycles. The van der Waals surface area contributed by atoms with Crippen molar-refractivity contribution in [2.45, 2.75) is 27.3 Å². The van der Waals surface area contributed by atoms with Gasteiger partial charge in [-0.2, -0.15) is 10.2 Å². The molecule has 0 unspecified atom stereocenters. The summed E-state index contributed by atoms with van der Waals surface area (Å²) in [5.41, 5.74) is 1.99. The number of aryl methyl sites for hydroxylation is 2. The number of aromatic nitrogens is 5. The Morgan fingerprint density at radius 1 is 1.47 bits per heavy atom. The van der Waals surface area contributed by atoms with Crippen molar-refractivity contribution in [3.8, 4) is 11.4 Å². The second-order valence-corrected chi connectivity index (χ2v) is 5.05. The van der Waals surface area contributed by atoms with Gasteiger partial charge in [-0.15, -0.1) is 0 Å². The maximum Gasteiger partial charge on any atom is 0.195 e. The van der Waals surface area contributed by atoms with Crippen LogP contribution in [0.2, 0.25) is 0 Å². The summed E-state index contributed by atoms with van der Waals surface area (Å²) in [6.45, 7) is 7.16. The van der Waals surface area contributed by atoms with E-state index < -0.39 is 0 Å². The molecule has 2 rings (SSSR count). The third kappa shape index (κ3) is 2.31. The lowest BCUT2D eigenvalue weighted by atomic mass is 10.2. The molecule has 2 aromatic heterocycles. The highest BCUT2D eigenvalue weighted by atomic mass is 32.1. The van der Waals surface area contributed by atoms with Gasteiger partial charge in [-0.05, 0) is 25.1 Å². The van der Waals surface area contributed by atoms with Crippen molar-refractivity contribution in [3.05, 3.63) is 16.7 Å². The Balaban J connectivity index is 2.52. The predicted octanol–water partition coefficient (Wildman–Crippen LogP) is 2.31. The van der Waals surface area contributed by atoms with Crippen molar-refractivity contribution in [2.75, 3.05) is 0 Å². The van der Waals surface area contributed by atoms with Crippen LogP contribution in [0.5, 0.6) is 0 Å². The van der Waals surface area contributed by atoms with Crippen LogP contribution in [0.15, 0.2) is 6.20 Å². The number of nitrogens with one attached hydrogen (secondary N) is 1. The fraction of sp³-hybridized carbons (Fsp3) is 0.545. The van der Waals surface area contributed by atoms with Gasteiger partial charge >= 0.3 is 0 Å². The molecule has 0 amide bonds. The molecular weight excluding hydrogens is 234 g/mol. The minimum atomic E-state index is 0.523. The number of nitrogens with zero attached hydrogens (tertiary/aromatic N) is 4. The molecule has 2 aromatic rings.